The van der Waals surface area contributed by atoms with Crippen molar-refractivity contribution in [1.29, 1.82) is 0 Å². The second-order valence-electron chi connectivity index (χ2n) is 3.97. The molecule has 0 aliphatic carbocycles. The van der Waals surface area contributed by atoms with Crippen molar-refractivity contribution in [3.63, 3.8) is 0 Å². The van der Waals surface area contributed by atoms with E-state index in [1.165, 1.54) is 0 Å². The Kier molecular flexibility index (Phi) is 4.60. The van der Waals surface area contributed by atoms with Gasteiger partial charge in [-0.1, -0.05) is 5.92 Å². The van der Waals surface area contributed by atoms with Crippen LogP contribution in [0.3, 0.4) is 0 Å². The molecule has 1 amide bonds. The largest absolute Gasteiger partial charge is 0.344 e. The highest BCUT2D eigenvalue weighted by Crippen LogP contribution is 2.11. The Morgan fingerprint density at radius 3 is 2.80 bits per heavy atom. The molecule has 1 saturated heterocycles. The summed E-state index contributed by atoms with van der Waals surface area (Å²) in [6.45, 7) is 4.00. The van der Waals surface area contributed by atoms with Crippen molar-refractivity contribution < 1.29 is 4.79 Å². The zero-order chi connectivity index (χ0) is 11.3. The van der Waals surface area contributed by atoms with Gasteiger partial charge in [0.1, 0.15) is 0 Å². The van der Waals surface area contributed by atoms with E-state index in [0.717, 1.165) is 25.9 Å². The lowest BCUT2D eigenvalue weighted by Crippen LogP contribution is -2.50. The maximum Gasteiger partial charge on any atom is 0.237 e. The Hall–Kier alpha value is -1.05. The summed E-state index contributed by atoms with van der Waals surface area (Å²) in [6.07, 6.45) is 7.01. The van der Waals surface area contributed by atoms with Gasteiger partial charge in [0.05, 0.1) is 12.6 Å². The third kappa shape index (κ3) is 3.54. The Morgan fingerprint density at radius 2 is 2.27 bits per heavy atom. The lowest BCUT2D eigenvalue weighted by atomic mass is 10.0. The van der Waals surface area contributed by atoms with Crippen molar-refractivity contribution in [2.24, 2.45) is 5.73 Å². The van der Waals surface area contributed by atoms with Crippen LogP contribution in [0.1, 0.15) is 19.8 Å². The molecule has 0 aromatic heterocycles. The summed E-state index contributed by atoms with van der Waals surface area (Å²) >= 11 is 0. The molecule has 1 atom stereocenters. The monoisotopic (exact) mass is 209 g/mol. The first kappa shape index (κ1) is 12.0. The van der Waals surface area contributed by atoms with E-state index in [0.29, 0.717) is 12.6 Å². The molecule has 1 rings (SSSR count). The summed E-state index contributed by atoms with van der Waals surface area (Å²) in [5.41, 5.74) is 5.80. The molecule has 15 heavy (non-hydrogen) atoms. The van der Waals surface area contributed by atoms with Crippen LogP contribution in [0.2, 0.25) is 0 Å². The predicted molar refractivity (Wildman–Crippen MR) is 60.1 cm³/mol. The van der Waals surface area contributed by atoms with Crippen molar-refractivity contribution in [1.82, 2.24) is 10.2 Å². The van der Waals surface area contributed by atoms with E-state index in [2.05, 4.69) is 16.1 Å². The molecule has 4 nitrogen and oxygen atoms in total. The van der Waals surface area contributed by atoms with Gasteiger partial charge in [0.25, 0.3) is 0 Å². The van der Waals surface area contributed by atoms with E-state index in [1.54, 1.807) is 0 Å². The molecule has 1 fully saturated rings. The van der Waals surface area contributed by atoms with Crippen LogP contribution in [-0.2, 0) is 4.79 Å². The summed E-state index contributed by atoms with van der Waals surface area (Å²) in [5, 5.41) is 2.69. The van der Waals surface area contributed by atoms with Gasteiger partial charge in [-0.05, 0) is 19.8 Å². The Balaban J connectivity index is 2.36. The van der Waals surface area contributed by atoms with Crippen molar-refractivity contribution in [2.75, 3.05) is 19.6 Å². The van der Waals surface area contributed by atoms with E-state index in [1.807, 2.05) is 6.92 Å². The number of nitrogens with two attached hydrogens (primary N) is 1. The normalized spacial score (nSPS) is 20.6. The number of amides is 1. The molecule has 0 aromatic carbocycles. The fourth-order valence-corrected chi connectivity index (χ4v) is 1.76. The maximum atomic E-state index is 11.6. The Labute approximate surface area is 91.2 Å². The van der Waals surface area contributed by atoms with Gasteiger partial charge in [-0.15, -0.1) is 6.42 Å². The molecule has 1 unspecified atom stereocenters. The number of nitrogens with one attached hydrogen (secondary N) is 1. The van der Waals surface area contributed by atoms with E-state index in [-0.39, 0.29) is 11.9 Å². The zero-order valence-electron chi connectivity index (χ0n) is 9.20. The predicted octanol–water partition coefficient (Wildman–Crippen LogP) is -0.453. The molecule has 0 aromatic rings. The molecule has 0 bridgehead atoms. The number of nitrogens with zero attached hydrogens (tertiary/aromatic N) is 1. The number of terminal acetylenes is 1. The van der Waals surface area contributed by atoms with Gasteiger partial charge in [0, 0.05) is 19.1 Å². The summed E-state index contributed by atoms with van der Waals surface area (Å²) in [5.74, 6) is 2.40. The average molecular weight is 209 g/mol. The van der Waals surface area contributed by atoms with Crippen LogP contribution < -0.4 is 11.1 Å². The molecule has 1 aliphatic heterocycles. The molecule has 3 N–H and O–H groups in total. The summed E-state index contributed by atoms with van der Waals surface area (Å²) in [4.78, 5) is 13.8. The van der Waals surface area contributed by atoms with Gasteiger partial charge in [0.2, 0.25) is 5.91 Å². The molecule has 84 valence electrons. The number of rotatable bonds is 3. The first-order chi connectivity index (χ1) is 7.15. The van der Waals surface area contributed by atoms with Crippen molar-refractivity contribution >= 4 is 5.91 Å². The minimum absolute atomic E-state index is 0.00317. The minimum atomic E-state index is -0.106. The van der Waals surface area contributed by atoms with E-state index < -0.39 is 0 Å². The van der Waals surface area contributed by atoms with Crippen LogP contribution in [0.25, 0.3) is 0 Å². The molecule has 0 radical (unpaired) electrons. The van der Waals surface area contributed by atoms with Crippen molar-refractivity contribution in [3.8, 4) is 12.3 Å². The first-order valence-corrected chi connectivity index (χ1v) is 5.36. The van der Waals surface area contributed by atoms with Crippen molar-refractivity contribution in [3.05, 3.63) is 0 Å². The SMILES string of the molecule is C#CCNC(=O)C(C)N1CCC(N)CC1. The second kappa shape index (κ2) is 5.74. The summed E-state index contributed by atoms with van der Waals surface area (Å²) in [7, 11) is 0. The maximum absolute atomic E-state index is 11.6. The highest BCUT2D eigenvalue weighted by Gasteiger charge is 2.24. The van der Waals surface area contributed by atoms with Crippen LogP contribution in [0.4, 0.5) is 0 Å². The van der Waals surface area contributed by atoms with Gasteiger partial charge in [0.15, 0.2) is 0 Å². The standard InChI is InChI=1S/C11H19N3O/c1-3-6-13-11(15)9(2)14-7-4-10(12)5-8-14/h1,9-10H,4-8,12H2,2H3,(H,13,15). The molecule has 4 heteroatoms. The quantitative estimate of drug-likeness (QED) is 0.619. The Bertz CT molecular complexity index is 251. The smallest absolute Gasteiger partial charge is 0.237 e. The molecular weight excluding hydrogens is 190 g/mol. The zero-order valence-corrected chi connectivity index (χ0v) is 9.20. The number of carbonyl (C=O) groups is 1. The van der Waals surface area contributed by atoms with Crippen LogP contribution in [-0.4, -0.2) is 42.5 Å². The van der Waals surface area contributed by atoms with Gasteiger partial charge < -0.3 is 11.1 Å². The summed E-state index contributed by atoms with van der Waals surface area (Å²) in [6, 6.07) is 0.188. The number of hydrogen-bond acceptors (Lipinski definition) is 3. The van der Waals surface area contributed by atoms with Crippen LogP contribution in [0, 0.1) is 12.3 Å². The number of likely N-dealkylation sites (tertiary alicyclic amines) is 1. The van der Waals surface area contributed by atoms with E-state index in [4.69, 9.17) is 12.2 Å². The van der Waals surface area contributed by atoms with Crippen LogP contribution in [0.5, 0.6) is 0 Å². The molecule has 0 saturated carbocycles. The highest BCUT2D eigenvalue weighted by molar-refractivity contribution is 5.81. The molecular formula is C11H19N3O. The fourth-order valence-electron chi connectivity index (χ4n) is 1.76. The average Bonchev–Trinajstić information content (AvgIpc) is 2.26. The lowest BCUT2D eigenvalue weighted by Gasteiger charge is -2.33. The van der Waals surface area contributed by atoms with E-state index >= 15 is 0 Å². The summed E-state index contributed by atoms with van der Waals surface area (Å²) < 4.78 is 0. The first-order valence-electron chi connectivity index (χ1n) is 5.36. The van der Waals surface area contributed by atoms with Gasteiger partial charge >= 0.3 is 0 Å². The van der Waals surface area contributed by atoms with Crippen LogP contribution in [0.15, 0.2) is 0 Å². The fraction of sp³-hybridized carbons (Fsp3) is 0.727. The van der Waals surface area contributed by atoms with E-state index in [9.17, 15) is 4.79 Å². The van der Waals surface area contributed by atoms with Gasteiger partial charge in [-0.25, -0.2) is 0 Å². The minimum Gasteiger partial charge on any atom is -0.344 e. The number of carbonyl (C=O) groups excluding carboxylic acids is 1. The Morgan fingerprint density at radius 1 is 1.67 bits per heavy atom. The molecule has 1 heterocycles. The van der Waals surface area contributed by atoms with Crippen LogP contribution >= 0.6 is 0 Å². The second-order valence-corrected chi connectivity index (χ2v) is 3.97. The lowest BCUT2D eigenvalue weighted by molar-refractivity contribution is -0.126. The van der Waals surface area contributed by atoms with Gasteiger partial charge in [-0.3, -0.25) is 9.69 Å². The third-order valence-corrected chi connectivity index (χ3v) is 2.87. The van der Waals surface area contributed by atoms with Gasteiger partial charge in [-0.2, -0.15) is 0 Å². The highest BCUT2D eigenvalue weighted by atomic mass is 16.2. The topological polar surface area (TPSA) is 58.4 Å². The number of hydrogen-bond donors (Lipinski definition) is 2. The third-order valence-electron chi connectivity index (χ3n) is 2.87. The van der Waals surface area contributed by atoms with Crippen molar-refractivity contribution in [2.45, 2.75) is 31.8 Å². The molecule has 0 spiro atoms. The molecule has 1 aliphatic rings. The number of piperidine rings is 1.